The Morgan fingerprint density at radius 3 is 2.33 bits per heavy atom. The fourth-order valence-electron chi connectivity index (χ4n) is 0.641. The van der Waals surface area contributed by atoms with Crippen LogP contribution in [0.3, 0.4) is 0 Å². The number of amides is 2. The number of carbonyl (C=O) groups excluding carboxylic acids is 2. The molecule has 0 spiro atoms. The maximum atomic E-state index is 11.1. The Kier molecular flexibility index (Phi) is 6.00. The summed E-state index contributed by atoms with van der Waals surface area (Å²) in [6.45, 7) is 1.35. The normalized spacial score (nSPS) is 11.9. The molecule has 0 aliphatic rings. The first-order valence-electron chi connectivity index (χ1n) is 3.38. The minimum Gasteiger partial charge on any atom is -0.346 e. The van der Waals surface area contributed by atoms with Crippen molar-refractivity contribution in [1.29, 1.82) is 0 Å². The van der Waals surface area contributed by atoms with Crippen molar-refractivity contribution in [2.75, 3.05) is 11.6 Å². The van der Waals surface area contributed by atoms with Gasteiger partial charge >= 0.3 is 0 Å². The topological polar surface area (TPSA) is 58.2 Å². The van der Waals surface area contributed by atoms with Gasteiger partial charge in [0.25, 0.3) is 0 Å². The van der Waals surface area contributed by atoms with E-state index in [0.29, 0.717) is 0 Å². The average molecular weight is 208 g/mol. The molecule has 4 nitrogen and oxygen atoms in total. The van der Waals surface area contributed by atoms with Gasteiger partial charge in [0.1, 0.15) is 6.04 Å². The lowest BCUT2D eigenvalue weighted by molar-refractivity contribution is -0.127. The van der Waals surface area contributed by atoms with Crippen LogP contribution in [0.4, 0.5) is 0 Å². The first kappa shape index (κ1) is 11.6. The molecule has 70 valence electrons. The molecule has 0 aromatic heterocycles. The molecule has 0 aliphatic carbocycles. The van der Waals surface area contributed by atoms with Crippen molar-refractivity contribution in [2.45, 2.75) is 13.0 Å². The zero-order valence-corrected chi connectivity index (χ0v) is 8.49. The molecule has 0 bridgehead atoms. The summed E-state index contributed by atoms with van der Waals surface area (Å²) in [6.07, 6.45) is 0. The van der Waals surface area contributed by atoms with E-state index in [-0.39, 0.29) is 23.4 Å². The van der Waals surface area contributed by atoms with Crippen LogP contribution in [-0.2, 0) is 9.59 Å². The molecule has 0 aliphatic heterocycles. The lowest BCUT2D eigenvalue weighted by Gasteiger charge is -2.13. The highest BCUT2D eigenvalue weighted by Gasteiger charge is 2.15. The van der Waals surface area contributed by atoms with Crippen LogP contribution in [0.25, 0.3) is 0 Å². The zero-order chi connectivity index (χ0) is 9.56. The molecule has 0 aromatic rings. The highest BCUT2D eigenvalue weighted by molar-refractivity contribution is 7.80. The van der Waals surface area contributed by atoms with Gasteiger partial charge < -0.3 is 10.6 Å². The Bertz CT molecular complexity index is 175. The molecule has 2 amide bonds. The van der Waals surface area contributed by atoms with E-state index >= 15 is 0 Å². The van der Waals surface area contributed by atoms with Crippen LogP contribution in [0.15, 0.2) is 0 Å². The minimum atomic E-state index is -0.571. The van der Waals surface area contributed by atoms with Crippen molar-refractivity contribution in [3.05, 3.63) is 0 Å². The molecule has 0 unspecified atom stereocenters. The fraction of sp³-hybridized carbons (Fsp3) is 0.667. The van der Waals surface area contributed by atoms with Crippen LogP contribution in [0.5, 0.6) is 0 Å². The van der Waals surface area contributed by atoms with Crippen LogP contribution in [0, 0.1) is 0 Å². The van der Waals surface area contributed by atoms with Crippen molar-refractivity contribution in [2.24, 2.45) is 0 Å². The molecule has 0 fully saturated rings. The summed E-state index contributed by atoms with van der Waals surface area (Å²) in [7, 11) is 0. The highest BCUT2D eigenvalue weighted by atomic mass is 32.1. The molecule has 6 heteroatoms. The Labute approximate surface area is 82.3 Å². The summed E-state index contributed by atoms with van der Waals surface area (Å²) in [5.41, 5.74) is 0. The maximum absolute atomic E-state index is 11.1. The van der Waals surface area contributed by atoms with Gasteiger partial charge in [-0.3, -0.25) is 9.59 Å². The standard InChI is InChI=1S/C6H12N2O2S2/c1-4(9)8-5(2-11)6(10)7-3-12/h5,11-12H,2-3H2,1H3,(H,7,10)(H,8,9)/t5-/m0/s1. The summed E-state index contributed by atoms with van der Waals surface area (Å²) in [5, 5.41) is 4.92. The number of thiol groups is 2. The lowest BCUT2D eigenvalue weighted by atomic mass is 10.3. The van der Waals surface area contributed by atoms with Gasteiger partial charge in [0.15, 0.2) is 0 Å². The highest BCUT2D eigenvalue weighted by Crippen LogP contribution is 1.88. The van der Waals surface area contributed by atoms with Crippen molar-refractivity contribution in [1.82, 2.24) is 10.6 Å². The van der Waals surface area contributed by atoms with Crippen LogP contribution >= 0.6 is 25.3 Å². The number of rotatable bonds is 4. The molecule has 0 saturated carbocycles. The summed E-state index contributed by atoms with van der Waals surface area (Å²) in [4.78, 5) is 21.7. The monoisotopic (exact) mass is 208 g/mol. The van der Waals surface area contributed by atoms with E-state index < -0.39 is 6.04 Å². The molecule has 12 heavy (non-hydrogen) atoms. The van der Waals surface area contributed by atoms with E-state index in [9.17, 15) is 9.59 Å². The van der Waals surface area contributed by atoms with E-state index in [1.165, 1.54) is 6.92 Å². The van der Waals surface area contributed by atoms with Crippen LogP contribution in [0.2, 0.25) is 0 Å². The van der Waals surface area contributed by atoms with Crippen molar-refractivity contribution in [3.63, 3.8) is 0 Å². The van der Waals surface area contributed by atoms with Gasteiger partial charge in [0.05, 0.1) is 5.88 Å². The Hall–Kier alpha value is -0.360. The summed E-state index contributed by atoms with van der Waals surface area (Å²) < 4.78 is 0. The molecule has 0 aromatic carbocycles. The number of hydrogen-bond donors (Lipinski definition) is 4. The second-order valence-electron chi connectivity index (χ2n) is 2.13. The molecular weight excluding hydrogens is 196 g/mol. The van der Waals surface area contributed by atoms with Crippen molar-refractivity contribution in [3.8, 4) is 0 Å². The predicted molar refractivity (Wildman–Crippen MR) is 53.5 cm³/mol. The van der Waals surface area contributed by atoms with Crippen LogP contribution in [0.1, 0.15) is 6.92 Å². The Morgan fingerprint density at radius 2 is 2.00 bits per heavy atom. The van der Waals surface area contributed by atoms with Crippen molar-refractivity contribution >= 4 is 37.1 Å². The third-order valence-electron chi connectivity index (χ3n) is 1.13. The molecule has 1 atom stereocenters. The van der Waals surface area contributed by atoms with Gasteiger partial charge in [0.2, 0.25) is 11.8 Å². The third-order valence-corrected chi connectivity index (χ3v) is 1.65. The Balaban J connectivity index is 3.96. The minimum absolute atomic E-state index is 0.247. The zero-order valence-electron chi connectivity index (χ0n) is 6.70. The molecule has 0 heterocycles. The van der Waals surface area contributed by atoms with E-state index in [0.717, 1.165) is 0 Å². The smallest absolute Gasteiger partial charge is 0.244 e. The van der Waals surface area contributed by atoms with E-state index in [2.05, 4.69) is 35.9 Å². The first-order valence-corrected chi connectivity index (χ1v) is 4.64. The van der Waals surface area contributed by atoms with Gasteiger partial charge in [-0.15, -0.1) is 0 Å². The second kappa shape index (κ2) is 6.19. The van der Waals surface area contributed by atoms with E-state index in [4.69, 9.17) is 0 Å². The summed E-state index contributed by atoms with van der Waals surface area (Å²) in [6, 6.07) is -0.571. The van der Waals surface area contributed by atoms with Gasteiger partial charge in [-0.1, -0.05) is 0 Å². The molecular formula is C6H12N2O2S2. The largest absolute Gasteiger partial charge is 0.346 e. The first-order chi connectivity index (χ1) is 5.61. The van der Waals surface area contributed by atoms with Crippen LogP contribution in [-0.4, -0.2) is 29.5 Å². The quantitative estimate of drug-likeness (QED) is 0.369. The third kappa shape index (κ3) is 4.50. The number of nitrogens with one attached hydrogen (secondary N) is 2. The van der Waals surface area contributed by atoms with E-state index in [1.807, 2.05) is 0 Å². The SMILES string of the molecule is CC(=O)N[C@@H](CS)C(=O)NCS. The Morgan fingerprint density at radius 1 is 1.42 bits per heavy atom. The number of carbonyl (C=O) groups is 2. The van der Waals surface area contributed by atoms with Gasteiger partial charge in [-0.05, 0) is 0 Å². The van der Waals surface area contributed by atoms with E-state index in [1.54, 1.807) is 0 Å². The van der Waals surface area contributed by atoms with Crippen molar-refractivity contribution < 1.29 is 9.59 Å². The van der Waals surface area contributed by atoms with Gasteiger partial charge in [-0.2, -0.15) is 25.3 Å². The molecule has 0 saturated heterocycles. The molecule has 0 rings (SSSR count). The lowest BCUT2D eigenvalue weighted by Crippen LogP contribution is -2.46. The molecule has 0 radical (unpaired) electrons. The summed E-state index contributed by atoms with van der Waals surface area (Å²) >= 11 is 7.74. The van der Waals surface area contributed by atoms with Gasteiger partial charge in [0, 0.05) is 12.7 Å². The average Bonchev–Trinajstić information content (AvgIpc) is 2.00. The van der Waals surface area contributed by atoms with Gasteiger partial charge in [-0.25, -0.2) is 0 Å². The summed E-state index contributed by atoms with van der Waals surface area (Å²) in [5.74, 6) is 0.0144. The second-order valence-corrected chi connectivity index (χ2v) is 2.82. The van der Waals surface area contributed by atoms with Crippen LogP contribution < -0.4 is 10.6 Å². The predicted octanol–water partition coefficient (Wildman–Crippen LogP) is -0.576. The number of hydrogen-bond acceptors (Lipinski definition) is 4. The maximum Gasteiger partial charge on any atom is 0.244 e. The fourth-order valence-corrected chi connectivity index (χ4v) is 1.05. The molecule has 2 N–H and O–H groups in total.